The normalized spacial score (nSPS) is 11.0. The van der Waals surface area contributed by atoms with E-state index < -0.39 is 11.7 Å². The molecule has 2 aromatic rings. The van der Waals surface area contributed by atoms with Gasteiger partial charge in [0, 0.05) is 16.3 Å². The number of rotatable bonds is 6. The summed E-state index contributed by atoms with van der Waals surface area (Å²) < 4.78 is 18.0. The number of nitrogens with zero attached hydrogens (tertiary/aromatic N) is 1. The summed E-state index contributed by atoms with van der Waals surface area (Å²) in [7, 11) is 1.48. The summed E-state index contributed by atoms with van der Waals surface area (Å²) in [5.41, 5.74) is 3.41. The molecule has 2 N–H and O–H groups in total. The molecule has 8 heteroatoms. The summed E-state index contributed by atoms with van der Waals surface area (Å²) in [4.78, 5) is 24.0. The number of amides is 2. The fourth-order valence-electron chi connectivity index (χ4n) is 2.06. The Labute approximate surface area is 155 Å². The Morgan fingerprint density at radius 2 is 1.88 bits per heavy atom. The molecular formula is C18H17ClFN3O3. The van der Waals surface area contributed by atoms with Crippen LogP contribution in [0.25, 0.3) is 0 Å². The first-order chi connectivity index (χ1) is 12.4. The maximum atomic E-state index is 12.8. The number of hydrogen-bond donors (Lipinski definition) is 2. The van der Waals surface area contributed by atoms with Gasteiger partial charge in [-0.25, -0.2) is 9.82 Å². The molecule has 0 fully saturated rings. The molecule has 0 bridgehead atoms. The Morgan fingerprint density at radius 3 is 2.54 bits per heavy atom. The summed E-state index contributed by atoms with van der Waals surface area (Å²) in [5.74, 6) is -0.805. The lowest BCUT2D eigenvalue weighted by Crippen LogP contribution is -2.21. The molecule has 6 nitrogen and oxygen atoms in total. The maximum absolute atomic E-state index is 12.8. The predicted octanol–water partition coefficient (Wildman–Crippen LogP) is 3.62. The van der Waals surface area contributed by atoms with Gasteiger partial charge in [0.2, 0.25) is 5.91 Å². The first-order valence-corrected chi connectivity index (χ1v) is 7.99. The van der Waals surface area contributed by atoms with Crippen LogP contribution in [0.3, 0.4) is 0 Å². The highest BCUT2D eigenvalue weighted by Gasteiger charge is 2.10. The minimum absolute atomic E-state index is 0.0423. The Kier molecular flexibility index (Phi) is 6.68. The molecule has 136 valence electrons. The Hall–Kier alpha value is -2.93. The lowest BCUT2D eigenvalue weighted by molar-refractivity contribution is -0.115. The zero-order chi connectivity index (χ0) is 19.1. The zero-order valence-corrected chi connectivity index (χ0v) is 14.9. The van der Waals surface area contributed by atoms with Crippen LogP contribution in [0.2, 0.25) is 5.02 Å². The van der Waals surface area contributed by atoms with Gasteiger partial charge in [-0.05, 0) is 49.4 Å². The van der Waals surface area contributed by atoms with Crippen molar-refractivity contribution in [2.24, 2.45) is 5.10 Å². The summed E-state index contributed by atoms with van der Waals surface area (Å²) in [6, 6.07) is 9.90. The highest BCUT2D eigenvalue weighted by molar-refractivity contribution is 6.31. The van der Waals surface area contributed by atoms with E-state index >= 15 is 0 Å². The number of benzene rings is 2. The Morgan fingerprint density at radius 1 is 1.19 bits per heavy atom. The number of methoxy groups -OCH3 is 1. The van der Waals surface area contributed by atoms with Gasteiger partial charge in [-0.15, -0.1) is 0 Å². The van der Waals surface area contributed by atoms with Gasteiger partial charge in [0.1, 0.15) is 11.6 Å². The van der Waals surface area contributed by atoms with Crippen molar-refractivity contribution in [1.82, 2.24) is 5.43 Å². The number of anilines is 1. The highest BCUT2D eigenvalue weighted by atomic mass is 35.5. The fourth-order valence-corrected chi connectivity index (χ4v) is 2.23. The number of halogens is 2. The zero-order valence-electron chi connectivity index (χ0n) is 14.2. The van der Waals surface area contributed by atoms with E-state index in [4.69, 9.17) is 16.3 Å². The van der Waals surface area contributed by atoms with Crippen LogP contribution >= 0.6 is 11.6 Å². The molecule has 0 aromatic heterocycles. The van der Waals surface area contributed by atoms with Crippen molar-refractivity contribution in [1.29, 1.82) is 0 Å². The van der Waals surface area contributed by atoms with Crippen LogP contribution in [0.4, 0.5) is 10.1 Å². The van der Waals surface area contributed by atoms with Crippen molar-refractivity contribution in [3.63, 3.8) is 0 Å². The van der Waals surface area contributed by atoms with E-state index in [1.165, 1.54) is 31.4 Å². The first kappa shape index (κ1) is 19.4. The van der Waals surface area contributed by atoms with Gasteiger partial charge in [0.15, 0.2) is 0 Å². The smallest absolute Gasteiger partial charge is 0.271 e. The van der Waals surface area contributed by atoms with E-state index in [2.05, 4.69) is 15.8 Å². The van der Waals surface area contributed by atoms with Crippen LogP contribution < -0.4 is 15.5 Å². The minimum atomic E-state index is -0.499. The molecule has 2 rings (SSSR count). The Bertz CT molecular complexity index is 838. The topological polar surface area (TPSA) is 79.8 Å². The van der Waals surface area contributed by atoms with Gasteiger partial charge in [0.25, 0.3) is 5.91 Å². The molecule has 0 aliphatic rings. The van der Waals surface area contributed by atoms with Crippen LogP contribution in [-0.4, -0.2) is 24.6 Å². The first-order valence-electron chi connectivity index (χ1n) is 7.61. The molecule has 2 amide bonds. The lowest BCUT2D eigenvalue weighted by Gasteiger charge is -2.10. The molecule has 2 aromatic carbocycles. The average Bonchev–Trinajstić information content (AvgIpc) is 2.60. The van der Waals surface area contributed by atoms with E-state index in [0.717, 1.165) is 0 Å². The maximum Gasteiger partial charge on any atom is 0.271 e. The van der Waals surface area contributed by atoms with Crippen molar-refractivity contribution >= 4 is 34.8 Å². The van der Waals surface area contributed by atoms with Crippen LogP contribution in [0.5, 0.6) is 5.75 Å². The molecule has 0 aliphatic heterocycles. The number of hydrazone groups is 1. The largest absolute Gasteiger partial charge is 0.495 e. The second-order valence-electron chi connectivity index (χ2n) is 5.36. The lowest BCUT2D eigenvalue weighted by atomic mass is 10.2. The van der Waals surface area contributed by atoms with E-state index in [9.17, 15) is 14.0 Å². The highest BCUT2D eigenvalue weighted by Crippen LogP contribution is 2.27. The van der Waals surface area contributed by atoms with Gasteiger partial charge in [-0.3, -0.25) is 9.59 Å². The van der Waals surface area contributed by atoms with Gasteiger partial charge in [-0.2, -0.15) is 5.10 Å². The van der Waals surface area contributed by atoms with Crippen molar-refractivity contribution in [2.75, 3.05) is 12.4 Å². The monoisotopic (exact) mass is 377 g/mol. The number of carbonyl (C=O) groups is 2. The summed E-state index contributed by atoms with van der Waals surface area (Å²) in [5, 5.41) is 7.00. The molecule has 0 unspecified atom stereocenters. The van der Waals surface area contributed by atoms with E-state index in [1.807, 2.05) is 0 Å². The van der Waals surface area contributed by atoms with Gasteiger partial charge in [0.05, 0.1) is 19.2 Å². The molecular weight excluding hydrogens is 361 g/mol. The number of hydrogen-bond acceptors (Lipinski definition) is 4. The average molecular weight is 378 g/mol. The van der Waals surface area contributed by atoms with Crippen LogP contribution in [-0.2, 0) is 4.79 Å². The Balaban J connectivity index is 1.94. The fraction of sp³-hybridized carbons (Fsp3) is 0.167. The van der Waals surface area contributed by atoms with E-state index in [0.29, 0.717) is 22.2 Å². The van der Waals surface area contributed by atoms with Gasteiger partial charge >= 0.3 is 0 Å². The predicted molar refractivity (Wildman–Crippen MR) is 98.2 cm³/mol. The van der Waals surface area contributed by atoms with Gasteiger partial charge in [-0.1, -0.05) is 11.6 Å². The van der Waals surface area contributed by atoms with Crippen molar-refractivity contribution in [3.05, 3.63) is 58.9 Å². The molecule has 26 heavy (non-hydrogen) atoms. The third kappa shape index (κ3) is 5.56. The second-order valence-corrected chi connectivity index (χ2v) is 5.80. The molecule has 0 spiro atoms. The third-order valence-corrected chi connectivity index (χ3v) is 3.54. The third-order valence-electron chi connectivity index (χ3n) is 3.31. The molecule has 0 heterocycles. The molecule has 0 radical (unpaired) electrons. The number of nitrogens with one attached hydrogen (secondary N) is 2. The number of carbonyl (C=O) groups excluding carboxylic acids is 2. The van der Waals surface area contributed by atoms with Crippen LogP contribution in [0, 0.1) is 5.82 Å². The molecule has 0 saturated heterocycles. The van der Waals surface area contributed by atoms with Crippen LogP contribution in [0.15, 0.2) is 47.6 Å². The summed E-state index contributed by atoms with van der Waals surface area (Å²) in [6.45, 7) is 1.60. The SMILES string of the molecule is COc1ccc(Cl)cc1NC(=O)CC(C)=NNC(=O)c1ccc(F)cc1. The van der Waals surface area contributed by atoms with Gasteiger partial charge < -0.3 is 10.1 Å². The number of ether oxygens (including phenoxy) is 1. The van der Waals surface area contributed by atoms with E-state index in [1.54, 1.807) is 25.1 Å². The van der Waals surface area contributed by atoms with Crippen molar-refractivity contribution in [3.8, 4) is 5.75 Å². The quantitative estimate of drug-likeness (QED) is 0.596. The van der Waals surface area contributed by atoms with Crippen molar-refractivity contribution < 1.29 is 18.7 Å². The minimum Gasteiger partial charge on any atom is -0.495 e. The van der Waals surface area contributed by atoms with Crippen molar-refractivity contribution in [2.45, 2.75) is 13.3 Å². The van der Waals surface area contributed by atoms with Crippen LogP contribution in [0.1, 0.15) is 23.7 Å². The van der Waals surface area contributed by atoms with E-state index in [-0.39, 0.29) is 17.9 Å². The second kappa shape index (κ2) is 8.96. The molecule has 0 aliphatic carbocycles. The summed E-state index contributed by atoms with van der Waals surface area (Å²) in [6.07, 6.45) is -0.0423. The molecule has 0 atom stereocenters. The summed E-state index contributed by atoms with van der Waals surface area (Å²) >= 11 is 5.91. The molecule has 0 saturated carbocycles. The standard InChI is InChI=1S/C18H17ClFN3O3/c1-11(22-23-18(25)12-3-6-14(20)7-4-12)9-17(24)21-15-10-13(19)5-8-16(15)26-2/h3-8,10H,9H2,1-2H3,(H,21,24)(H,23,25).